The first-order valence-corrected chi connectivity index (χ1v) is 7.96. The van der Waals surface area contributed by atoms with Gasteiger partial charge in [-0.2, -0.15) is 0 Å². The van der Waals surface area contributed by atoms with E-state index in [4.69, 9.17) is 4.74 Å². The van der Waals surface area contributed by atoms with Crippen LogP contribution in [0.3, 0.4) is 0 Å². The van der Waals surface area contributed by atoms with Crippen LogP contribution in [0.15, 0.2) is 0 Å². The zero-order valence-corrected chi connectivity index (χ0v) is 12.8. The Morgan fingerprint density at radius 1 is 1.22 bits per heavy atom. The van der Waals surface area contributed by atoms with Crippen molar-refractivity contribution < 1.29 is 4.74 Å². The zero-order valence-electron chi connectivity index (χ0n) is 12.8. The second kappa shape index (κ2) is 8.92. The summed E-state index contributed by atoms with van der Waals surface area (Å²) < 4.78 is 5.64. The third-order valence-corrected chi connectivity index (χ3v) is 3.96. The number of ether oxygens (including phenoxy) is 1. The highest BCUT2D eigenvalue weighted by Gasteiger charge is 2.17. The Morgan fingerprint density at radius 3 is 2.72 bits per heavy atom. The van der Waals surface area contributed by atoms with Crippen LogP contribution in [0.1, 0.15) is 72.1 Å². The summed E-state index contributed by atoms with van der Waals surface area (Å²) in [4.78, 5) is 0. The SMILES string of the molecule is CCCCCC(C)(C)CNCCCC1CCCO1. The zero-order chi connectivity index (χ0) is 13.3. The van der Waals surface area contributed by atoms with Crippen molar-refractivity contribution in [1.29, 1.82) is 0 Å². The summed E-state index contributed by atoms with van der Waals surface area (Å²) in [7, 11) is 0. The van der Waals surface area contributed by atoms with E-state index in [0.717, 1.165) is 19.7 Å². The number of hydrogen-bond acceptors (Lipinski definition) is 2. The van der Waals surface area contributed by atoms with Crippen LogP contribution in [0.2, 0.25) is 0 Å². The molecule has 0 spiro atoms. The third-order valence-electron chi connectivity index (χ3n) is 3.96. The van der Waals surface area contributed by atoms with Crippen molar-refractivity contribution in [3.63, 3.8) is 0 Å². The van der Waals surface area contributed by atoms with Crippen LogP contribution in [0.4, 0.5) is 0 Å². The Balaban J connectivity index is 1.94. The molecule has 0 saturated carbocycles. The lowest BCUT2D eigenvalue weighted by atomic mass is 9.87. The predicted octanol–water partition coefficient (Wildman–Crippen LogP) is 4.14. The minimum absolute atomic E-state index is 0.457. The Morgan fingerprint density at radius 2 is 2.06 bits per heavy atom. The molecule has 0 aromatic rings. The second-order valence-electron chi connectivity index (χ2n) is 6.58. The molecule has 0 amide bonds. The molecule has 1 fully saturated rings. The lowest BCUT2D eigenvalue weighted by Crippen LogP contribution is -2.30. The van der Waals surface area contributed by atoms with Crippen molar-refractivity contribution in [2.45, 2.75) is 78.2 Å². The maximum absolute atomic E-state index is 5.64. The minimum Gasteiger partial charge on any atom is -0.378 e. The van der Waals surface area contributed by atoms with Gasteiger partial charge < -0.3 is 10.1 Å². The van der Waals surface area contributed by atoms with E-state index in [0.29, 0.717) is 11.5 Å². The van der Waals surface area contributed by atoms with E-state index in [1.165, 1.54) is 51.4 Å². The molecule has 1 unspecified atom stereocenters. The largest absolute Gasteiger partial charge is 0.378 e. The third kappa shape index (κ3) is 7.38. The summed E-state index contributed by atoms with van der Waals surface area (Å²) >= 11 is 0. The van der Waals surface area contributed by atoms with Crippen molar-refractivity contribution in [2.24, 2.45) is 5.41 Å². The molecule has 0 radical (unpaired) electrons. The van der Waals surface area contributed by atoms with Crippen LogP contribution < -0.4 is 5.32 Å². The number of rotatable bonds is 10. The molecule has 1 heterocycles. The van der Waals surface area contributed by atoms with Gasteiger partial charge in [0.05, 0.1) is 6.10 Å². The summed E-state index contributed by atoms with van der Waals surface area (Å²) in [6.45, 7) is 10.3. The minimum atomic E-state index is 0.457. The molecule has 108 valence electrons. The van der Waals surface area contributed by atoms with Crippen LogP contribution in [-0.4, -0.2) is 25.8 Å². The van der Waals surface area contributed by atoms with E-state index in [2.05, 4.69) is 26.1 Å². The lowest BCUT2D eigenvalue weighted by molar-refractivity contribution is 0.102. The van der Waals surface area contributed by atoms with Crippen LogP contribution >= 0.6 is 0 Å². The van der Waals surface area contributed by atoms with Gasteiger partial charge in [-0.25, -0.2) is 0 Å². The van der Waals surface area contributed by atoms with Gasteiger partial charge in [0.15, 0.2) is 0 Å². The maximum Gasteiger partial charge on any atom is 0.0576 e. The first-order valence-electron chi connectivity index (χ1n) is 7.96. The highest BCUT2D eigenvalue weighted by Crippen LogP contribution is 2.22. The standard InChI is InChI=1S/C16H33NO/c1-4-5-6-11-16(2,3)14-17-12-7-9-15-10-8-13-18-15/h15,17H,4-14H2,1-3H3. The fourth-order valence-corrected chi connectivity index (χ4v) is 2.70. The first-order chi connectivity index (χ1) is 8.64. The van der Waals surface area contributed by atoms with Gasteiger partial charge >= 0.3 is 0 Å². The van der Waals surface area contributed by atoms with Crippen molar-refractivity contribution in [3.8, 4) is 0 Å². The molecule has 1 aliphatic rings. The topological polar surface area (TPSA) is 21.3 Å². The first kappa shape index (κ1) is 16.0. The molecule has 0 aromatic carbocycles. The fraction of sp³-hybridized carbons (Fsp3) is 1.00. The van der Waals surface area contributed by atoms with Crippen molar-refractivity contribution in [3.05, 3.63) is 0 Å². The van der Waals surface area contributed by atoms with Crippen LogP contribution in [-0.2, 0) is 4.74 Å². The van der Waals surface area contributed by atoms with Crippen molar-refractivity contribution >= 4 is 0 Å². The molecule has 1 saturated heterocycles. The Labute approximate surface area is 114 Å². The van der Waals surface area contributed by atoms with Crippen molar-refractivity contribution in [2.75, 3.05) is 19.7 Å². The summed E-state index contributed by atoms with van der Waals surface area (Å²) in [5, 5.41) is 3.62. The van der Waals surface area contributed by atoms with E-state index in [9.17, 15) is 0 Å². The average molecular weight is 255 g/mol. The monoisotopic (exact) mass is 255 g/mol. The molecule has 1 rings (SSSR count). The van der Waals surface area contributed by atoms with Gasteiger partial charge in [0.25, 0.3) is 0 Å². The van der Waals surface area contributed by atoms with Crippen molar-refractivity contribution in [1.82, 2.24) is 5.32 Å². The number of unbranched alkanes of at least 4 members (excludes halogenated alkanes) is 2. The number of hydrogen-bond donors (Lipinski definition) is 1. The van der Waals surface area contributed by atoms with Gasteiger partial charge in [-0.15, -0.1) is 0 Å². The second-order valence-corrected chi connectivity index (χ2v) is 6.58. The molecule has 0 bridgehead atoms. The molecule has 1 N–H and O–H groups in total. The molecule has 0 aromatic heterocycles. The highest BCUT2D eigenvalue weighted by molar-refractivity contribution is 4.72. The number of nitrogens with one attached hydrogen (secondary N) is 1. The van der Waals surface area contributed by atoms with Gasteiger partial charge in [-0.3, -0.25) is 0 Å². The molecule has 1 aliphatic heterocycles. The van der Waals surface area contributed by atoms with E-state index < -0.39 is 0 Å². The van der Waals surface area contributed by atoms with E-state index in [-0.39, 0.29) is 0 Å². The van der Waals surface area contributed by atoms with Gasteiger partial charge in [-0.05, 0) is 44.1 Å². The normalized spacial score (nSPS) is 20.5. The average Bonchev–Trinajstić information content (AvgIpc) is 2.81. The Hall–Kier alpha value is -0.0800. The van der Waals surface area contributed by atoms with Crippen LogP contribution in [0, 0.1) is 5.41 Å². The quantitative estimate of drug-likeness (QED) is 0.592. The predicted molar refractivity (Wildman–Crippen MR) is 79.0 cm³/mol. The summed E-state index contributed by atoms with van der Waals surface area (Å²) in [5.74, 6) is 0. The van der Waals surface area contributed by atoms with E-state index >= 15 is 0 Å². The van der Waals surface area contributed by atoms with Gasteiger partial charge in [0.2, 0.25) is 0 Å². The molecule has 18 heavy (non-hydrogen) atoms. The van der Waals surface area contributed by atoms with E-state index in [1.54, 1.807) is 0 Å². The Bertz CT molecular complexity index is 197. The molecule has 2 nitrogen and oxygen atoms in total. The fourth-order valence-electron chi connectivity index (χ4n) is 2.70. The lowest BCUT2D eigenvalue weighted by Gasteiger charge is -2.25. The smallest absolute Gasteiger partial charge is 0.0576 e. The Kier molecular flexibility index (Phi) is 7.92. The molecule has 0 aliphatic carbocycles. The molecular formula is C16H33NO. The summed E-state index contributed by atoms with van der Waals surface area (Å²) in [5.41, 5.74) is 0.457. The van der Waals surface area contributed by atoms with Gasteiger partial charge in [0.1, 0.15) is 0 Å². The summed E-state index contributed by atoms with van der Waals surface area (Å²) in [6, 6.07) is 0. The maximum atomic E-state index is 5.64. The molecule has 2 heteroatoms. The highest BCUT2D eigenvalue weighted by atomic mass is 16.5. The van der Waals surface area contributed by atoms with E-state index in [1.807, 2.05) is 0 Å². The molecular weight excluding hydrogens is 222 g/mol. The van der Waals surface area contributed by atoms with Gasteiger partial charge in [0, 0.05) is 13.2 Å². The molecule has 1 atom stereocenters. The van der Waals surface area contributed by atoms with Crippen LogP contribution in [0.25, 0.3) is 0 Å². The van der Waals surface area contributed by atoms with Gasteiger partial charge in [-0.1, -0.05) is 40.0 Å². The van der Waals surface area contributed by atoms with Crippen LogP contribution in [0.5, 0.6) is 0 Å². The summed E-state index contributed by atoms with van der Waals surface area (Å²) in [6.07, 6.45) is 11.0.